The van der Waals surface area contributed by atoms with Crippen molar-refractivity contribution in [2.45, 2.75) is 57.1 Å². The van der Waals surface area contributed by atoms with Gasteiger partial charge in [0.2, 0.25) is 10.0 Å². The van der Waals surface area contributed by atoms with Crippen LogP contribution in [0, 0.1) is 11.8 Å². The zero-order valence-corrected chi connectivity index (χ0v) is 22.0. The number of benzene rings is 1. The smallest absolute Gasteiger partial charge is 0.240 e. The van der Waals surface area contributed by atoms with Gasteiger partial charge in [-0.25, -0.2) is 13.1 Å². The lowest BCUT2D eigenvalue weighted by Gasteiger charge is -2.22. The Morgan fingerprint density at radius 3 is 2.61 bits per heavy atom. The normalized spacial score (nSPS) is 22.1. The molecule has 3 rings (SSSR count). The zero-order chi connectivity index (χ0) is 21.6. The van der Waals surface area contributed by atoms with Crippen LogP contribution in [-0.4, -0.2) is 58.7 Å². The van der Waals surface area contributed by atoms with Crippen LogP contribution in [0.1, 0.15) is 45.1 Å². The molecule has 2 N–H and O–H groups in total. The molecule has 0 amide bonds. The van der Waals surface area contributed by atoms with Gasteiger partial charge in [-0.3, -0.25) is 4.99 Å². The van der Waals surface area contributed by atoms with Gasteiger partial charge in [-0.05, 0) is 55.2 Å². The highest BCUT2D eigenvalue weighted by atomic mass is 127. The second kappa shape index (κ2) is 12.4. The molecule has 2 heterocycles. The van der Waals surface area contributed by atoms with Crippen molar-refractivity contribution in [2.24, 2.45) is 16.8 Å². The van der Waals surface area contributed by atoms with Gasteiger partial charge in [-0.15, -0.1) is 24.0 Å². The lowest BCUT2D eigenvalue weighted by molar-refractivity contribution is 0.114. The van der Waals surface area contributed by atoms with Crippen LogP contribution in [-0.2, 0) is 21.3 Å². The van der Waals surface area contributed by atoms with E-state index >= 15 is 0 Å². The van der Waals surface area contributed by atoms with E-state index in [2.05, 4.69) is 33.8 Å². The van der Waals surface area contributed by atoms with Crippen LogP contribution in [0.2, 0.25) is 0 Å². The Kier molecular flexibility index (Phi) is 10.5. The first-order valence-electron chi connectivity index (χ1n) is 11.0. The maximum atomic E-state index is 12.5. The second-order valence-electron chi connectivity index (χ2n) is 8.76. The van der Waals surface area contributed by atoms with Gasteiger partial charge in [0.05, 0.1) is 11.0 Å². The van der Waals surface area contributed by atoms with Gasteiger partial charge in [-0.1, -0.05) is 26.0 Å². The fraction of sp³-hybridized carbons (Fsp3) is 0.682. The number of hydrogen-bond donors (Lipinski definition) is 2. The molecule has 0 bridgehead atoms. The number of sulfonamides is 1. The number of guanidine groups is 1. The first kappa shape index (κ1) is 26.3. The van der Waals surface area contributed by atoms with Gasteiger partial charge in [0.1, 0.15) is 0 Å². The molecule has 0 aromatic heterocycles. The average Bonchev–Trinajstić information content (AvgIpc) is 3.39. The molecule has 2 saturated heterocycles. The van der Waals surface area contributed by atoms with E-state index in [9.17, 15) is 8.42 Å². The van der Waals surface area contributed by atoms with E-state index in [1.807, 2.05) is 19.2 Å². The molecular weight excluding hydrogens is 527 g/mol. The standard InChI is InChI=1S/C22H36N4O3S.HI/c1-17(2)13-19-10-11-26(16-19)22(23-3)24-14-18-6-8-21(9-7-18)30(27,28)25-15-20-5-4-12-29-20;/h6-9,17,19-20,25H,4-5,10-16H2,1-3H3,(H,23,24);1H. The zero-order valence-electron chi connectivity index (χ0n) is 18.8. The monoisotopic (exact) mass is 564 g/mol. The van der Waals surface area contributed by atoms with Crippen molar-refractivity contribution in [1.82, 2.24) is 14.9 Å². The highest BCUT2D eigenvalue weighted by Crippen LogP contribution is 2.23. The Labute approximate surface area is 204 Å². The first-order chi connectivity index (χ1) is 14.4. The predicted octanol–water partition coefficient (Wildman–Crippen LogP) is 3.21. The van der Waals surface area contributed by atoms with Crippen molar-refractivity contribution in [2.75, 3.05) is 33.3 Å². The number of rotatable bonds is 8. The number of hydrogen-bond acceptors (Lipinski definition) is 4. The van der Waals surface area contributed by atoms with Crippen molar-refractivity contribution >= 4 is 40.0 Å². The molecule has 1 aromatic carbocycles. The number of halogens is 1. The summed E-state index contributed by atoms with van der Waals surface area (Å²) in [5.74, 6) is 2.37. The van der Waals surface area contributed by atoms with Crippen molar-refractivity contribution < 1.29 is 13.2 Å². The molecule has 7 nitrogen and oxygen atoms in total. The summed E-state index contributed by atoms with van der Waals surface area (Å²) in [6.45, 7) is 8.29. The summed E-state index contributed by atoms with van der Waals surface area (Å²) in [7, 11) is -1.70. The highest BCUT2D eigenvalue weighted by molar-refractivity contribution is 14.0. The van der Waals surface area contributed by atoms with Gasteiger partial charge in [-0.2, -0.15) is 0 Å². The van der Waals surface area contributed by atoms with E-state index in [0.717, 1.165) is 49.3 Å². The minimum Gasteiger partial charge on any atom is -0.377 e. The minimum absolute atomic E-state index is 0. The van der Waals surface area contributed by atoms with E-state index in [1.165, 1.54) is 12.8 Å². The number of nitrogens with zero attached hydrogens (tertiary/aromatic N) is 2. The van der Waals surface area contributed by atoms with Crippen molar-refractivity contribution in [3.05, 3.63) is 29.8 Å². The van der Waals surface area contributed by atoms with E-state index < -0.39 is 10.0 Å². The lowest BCUT2D eigenvalue weighted by atomic mass is 9.97. The summed E-state index contributed by atoms with van der Waals surface area (Å²) in [6.07, 6.45) is 4.35. The molecule has 31 heavy (non-hydrogen) atoms. The van der Waals surface area contributed by atoms with Crippen molar-refractivity contribution in [1.29, 1.82) is 0 Å². The summed E-state index contributed by atoms with van der Waals surface area (Å²) in [4.78, 5) is 7.03. The SMILES string of the molecule is CN=C(NCc1ccc(S(=O)(=O)NCC2CCCO2)cc1)N1CCC(CC(C)C)C1.I. The largest absolute Gasteiger partial charge is 0.377 e. The first-order valence-corrected chi connectivity index (χ1v) is 12.5. The van der Waals surface area contributed by atoms with Gasteiger partial charge in [0.25, 0.3) is 0 Å². The predicted molar refractivity (Wildman–Crippen MR) is 135 cm³/mol. The lowest BCUT2D eigenvalue weighted by Crippen LogP contribution is -2.39. The van der Waals surface area contributed by atoms with E-state index in [4.69, 9.17) is 4.74 Å². The minimum atomic E-state index is -3.51. The van der Waals surface area contributed by atoms with Crippen molar-refractivity contribution in [3.8, 4) is 0 Å². The molecule has 0 aliphatic carbocycles. The van der Waals surface area contributed by atoms with Crippen LogP contribution in [0.3, 0.4) is 0 Å². The highest BCUT2D eigenvalue weighted by Gasteiger charge is 2.25. The van der Waals surface area contributed by atoms with Gasteiger partial charge in [0.15, 0.2) is 5.96 Å². The number of ether oxygens (including phenoxy) is 1. The summed E-state index contributed by atoms with van der Waals surface area (Å²) < 4.78 is 33.1. The summed E-state index contributed by atoms with van der Waals surface area (Å²) >= 11 is 0. The van der Waals surface area contributed by atoms with Gasteiger partial charge < -0.3 is 15.0 Å². The number of nitrogens with one attached hydrogen (secondary N) is 2. The summed E-state index contributed by atoms with van der Waals surface area (Å²) in [6, 6.07) is 7.02. The van der Waals surface area contributed by atoms with Crippen LogP contribution in [0.25, 0.3) is 0 Å². The van der Waals surface area contributed by atoms with Crippen LogP contribution >= 0.6 is 24.0 Å². The third kappa shape index (κ3) is 7.87. The average molecular weight is 565 g/mol. The van der Waals surface area contributed by atoms with Gasteiger partial charge in [0, 0.05) is 39.8 Å². The van der Waals surface area contributed by atoms with E-state index in [-0.39, 0.29) is 35.0 Å². The third-order valence-electron chi connectivity index (χ3n) is 5.81. The molecule has 0 radical (unpaired) electrons. The Balaban J connectivity index is 0.00000341. The maximum Gasteiger partial charge on any atom is 0.240 e. The summed E-state index contributed by atoms with van der Waals surface area (Å²) in [5, 5.41) is 3.42. The molecule has 2 aliphatic rings. The van der Waals surface area contributed by atoms with Crippen LogP contribution in [0.5, 0.6) is 0 Å². The third-order valence-corrected chi connectivity index (χ3v) is 7.25. The molecular formula is C22H37IN4O3S. The molecule has 1 aromatic rings. The topological polar surface area (TPSA) is 83.0 Å². The van der Waals surface area contributed by atoms with Crippen molar-refractivity contribution in [3.63, 3.8) is 0 Å². The fourth-order valence-corrected chi connectivity index (χ4v) is 5.34. The Morgan fingerprint density at radius 1 is 1.26 bits per heavy atom. The molecule has 2 fully saturated rings. The Bertz CT molecular complexity index is 809. The Morgan fingerprint density at radius 2 is 2.00 bits per heavy atom. The molecule has 9 heteroatoms. The molecule has 2 aliphatic heterocycles. The molecule has 2 unspecified atom stereocenters. The maximum absolute atomic E-state index is 12.5. The molecule has 2 atom stereocenters. The Hall–Kier alpha value is -0.910. The van der Waals surface area contributed by atoms with E-state index in [1.54, 1.807) is 12.1 Å². The molecule has 0 saturated carbocycles. The van der Waals surface area contributed by atoms with Crippen LogP contribution in [0.15, 0.2) is 34.2 Å². The quantitative estimate of drug-likeness (QED) is 0.288. The van der Waals surface area contributed by atoms with Crippen LogP contribution in [0.4, 0.5) is 0 Å². The molecule has 176 valence electrons. The fourth-order valence-electron chi connectivity index (χ4n) is 4.28. The van der Waals surface area contributed by atoms with Gasteiger partial charge >= 0.3 is 0 Å². The number of aliphatic imine (C=N–C) groups is 1. The van der Waals surface area contributed by atoms with Crippen LogP contribution < -0.4 is 10.0 Å². The molecule has 0 spiro atoms. The summed E-state index contributed by atoms with van der Waals surface area (Å²) in [5.41, 5.74) is 1.02. The second-order valence-corrected chi connectivity index (χ2v) is 10.5. The number of likely N-dealkylation sites (tertiary alicyclic amines) is 1. The van der Waals surface area contributed by atoms with E-state index in [0.29, 0.717) is 19.7 Å².